The van der Waals surface area contributed by atoms with E-state index in [0.29, 0.717) is 11.4 Å². The van der Waals surface area contributed by atoms with Gasteiger partial charge in [-0.05, 0) is 32.0 Å². The van der Waals surface area contributed by atoms with Crippen LogP contribution in [0.1, 0.15) is 20.8 Å². The van der Waals surface area contributed by atoms with Crippen molar-refractivity contribution in [1.82, 2.24) is 9.55 Å². The van der Waals surface area contributed by atoms with Crippen molar-refractivity contribution in [2.75, 3.05) is 23.3 Å². The Morgan fingerprint density at radius 2 is 1.96 bits per heavy atom. The van der Waals surface area contributed by atoms with E-state index in [1.54, 1.807) is 13.1 Å². The highest BCUT2D eigenvalue weighted by Crippen LogP contribution is 2.34. The van der Waals surface area contributed by atoms with Gasteiger partial charge < -0.3 is 19.9 Å². The number of nitrogens with zero attached hydrogens (tertiary/aromatic N) is 7. The summed E-state index contributed by atoms with van der Waals surface area (Å²) in [7, 11) is 1.60. The molecule has 0 fully saturated rings. The minimum Gasteiger partial charge on any atom is -0.373 e. The predicted molar refractivity (Wildman–Crippen MR) is 104 cm³/mol. The van der Waals surface area contributed by atoms with Crippen LogP contribution in [0.5, 0.6) is 0 Å². The third-order valence-corrected chi connectivity index (χ3v) is 3.90. The van der Waals surface area contributed by atoms with Gasteiger partial charge in [-0.25, -0.2) is 4.57 Å². The molecule has 0 aliphatic heterocycles. The molecule has 0 unspecified atom stereocenters. The van der Waals surface area contributed by atoms with Gasteiger partial charge in [0.15, 0.2) is 0 Å². The first-order chi connectivity index (χ1) is 12.9. The summed E-state index contributed by atoms with van der Waals surface area (Å²) in [5.74, 6) is 0.0256. The maximum absolute atomic E-state index is 11.6. The fourth-order valence-electron chi connectivity index (χ4n) is 2.54. The summed E-state index contributed by atoms with van der Waals surface area (Å²) < 4.78 is 1.41. The van der Waals surface area contributed by atoms with E-state index < -0.39 is 0 Å². The Bertz CT molecular complexity index is 957. The topological polar surface area (TPSA) is 83.6 Å². The normalized spacial score (nSPS) is 10.4. The average molecular weight is 364 g/mol. The molecule has 1 amide bonds. The Hall–Kier alpha value is -3.72. The van der Waals surface area contributed by atoms with Crippen molar-refractivity contribution in [2.24, 2.45) is 17.3 Å². The van der Waals surface area contributed by atoms with Gasteiger partial charge in [0.05, 0.1) is 12.7 Å². The number of hydrogen-bond acceptors (Lipinski definition) is 5. The van der Waals surface area contributed by atoms with E-state index in [9.17, 15) is 4.79 Å². The molecule has 0 radical (unpaired) electrons. The number of anilines is 2. The number of aromatic nitrogens is 2. The average Bonchev–Trinajstić information content (AvgIpc) is 2.96. The van der Waals surface area contributed by atoms with Crippen LogP contribution in [0.25, 0.3) is 9.69 Å². The van der Waals surface area contributed by atoms with Gasteiger partial charge in [0, 0.05) is 25.7 Å². The zero-order chi connectivity index (χ0) is 20.0. The molecule has 1 aromatic carbocycles. The van der Waals surface area contributed by atoms with E-state index in [1.807, 2.05) is 12.1 Å². The second-order valence-electron chi connectivity index (χ2n) is 5.60. The number of hydrogen-bond donors (Lipinski definition) is 1. The molecule has 1 aromatic heterocycles. The fraction of sp³-hybridized carbons (Fsp3) is 0.333. The second kappa shape index (κ2) is 8.59. The molecule has 0 spiro atoms. The monoisotopic (exact) mass is 364 g/mol. The highest BCUT2D eigenvalue weighted by atomic mass is 16.1. The van der Waals surface area contributed by atoms with Crippen LogP contribution in [0.3, 0.4) is 0 Å². The van der Waals surface area contributed by atoms with E-state index in [0.717, 1.165) is 18.8 Å². The Kier molecular flexibility index (Phi) is 6.23. The molecule has 0 aliphatic carbocycles. The van der Waals surface area contributed by atoms with Crippen molar-refractivity contribution in [3.8, 4) is 0 Å². The lowest BCUT2D eigenvalue weighted by molar-refractivity contribution is -0.114. The van der Waals surface area contributed by atoms with E-state index in [2.05, 4.69) is 49.0 Å². The lowest BCUT2D eigenvalue weighted by Crippen LogP contribution is -2.21. The third-order valence-electron chi connectivity index (χ3n) is 3.90. The number of azo groups is 1. The van der Waals surface area contributed by atoms with Crippen LogP contribution < -0.4 is 10.2 Å². The summed E-state index contributed by atoms with van der Waals surface area (Å²) in [5.41, 5.74) is 1.95. The highest BCUT2D eigenvalue weighted by Gasteiger charge is 2.19. The number of rotatable bonds is 6. The predicted octanol–water partition coefficient (Wildman–Crippen LogP) is 4.74. The molecule has 138 valence electrons. The van der Waals surface area contributed by atoms with Crippen molar-refractivity contribution in [3.05, 3.63) is 41.0 Å². The van der Waals surface area contributed by atoms with Gasteiger partial charge in [0.2, 0.25) is 5.91 Å². The first-order valence-electron chi connectivity index (χ1n) is 8.35. The van der Waals surface area contributed by atoms with Crippen molar-refractivity contribution < 1.29 is 4.79 Å². The van der Waals surface area contributed by atoms with Crippen LogP contribution in [0.4, 0.5) is 34.6 Å². The van der Waals surface area contributed by atoms with Gasteiger partial charge in [-0.3, -0.25) is 4.79 Å². The Balaban J connectivity index is 2.45. The zero-order valence-electron chi connectivity index (χ0n) is 15.7. The van der Waals surface area contributed by atoms with E-state index in [1.165, 1.54) is 11.5 Å². The summed E-state index contributed by atoms with van der Waals surface area (Å²) in [6.07, 6.45) is 0. The standard InChI is InChI=1S/C18H20N8O/c1-7-26(8-2)13-9-10-14(15(11-13)21-12(3)27)23-24-18-22-16(19-4)17(20-5)25(18)6/h9-11H,7-8H2,1-3,6H3,(H,21,27). The number of benzene rings is 1. The Morgan fingerprint density at radius 3 is 2.48 bits per heavy atom. The number of nitrogens with one attached hydrogen (secondary N) is 1. The molecule has 9 heteroatoms. The van der Waals surface area contributed by atoms with Crippen LogP contribution >= 0.6 is 0 Å². The smallest absolute Gasteiger partial charge is 0.373 e. The molecule has 27 heavy (non-hydrogen) atoms. The summed E-state index contributed by atoms with van der Waals surface area (Å²) >= 11 is 0. The molecule has 1 heterocycles. The van der Waals surface area contributed by atoms with Crippen molar-refractivity contribution in [1.29, 1.82) is 0 Å². The SMILES string of the molecule is [C-]#[N+]c1nc(N=Nc2ccc(N(CC)CC)cc2NC(C)=O)n(C)c1[N+]#[C-]. The molecule has 1 N–H and O–H groups in total. The van der Waals surface area contributed by atoms with Gasteiger partial charge >= 0.3 is 5.95 Å². The van der Waals surface area contributed by atoms with Gasteiger partial charge in [-0.1, -0.05) is 23.2 Å². The number of imidazole rings is 1. The largest absolute Gasteiger partial charge is 0.416 e. The quantitative estimate of drug-likeness (QED) is 0.593. The maximum Gasteiger partial charge on any atom is 0.416 e. The molecule has 2 aromatic rings. The summed E-state index contributed by atoms with van der Waals surface area (Å²) in [6.45, 7) is 21.4. The van der Waals surface area contributed by atoms with E-state index in [4.69, 9.17) is 13.1 Å². The van der Waals surface area contributed by atoms with Crippen LogP contribution in [0.2, 0.25) is 0 Å². The highest BCUT2D eigenvalue weighted by molar-refractivity contribution is 5.93. The molecule has 0 bridgehead atoms. The van der Waals surface area contributed by atoms with Crippen LogP contribution in [-0.2, 0) is 11.8 Å². The number of carbonyl (C=O) groups is 1. The molecule has 0 saturated carbocycles. The molecule has 0 aliphatic rings. The summed E-state index contributed by atoms with van der Waals surface area (Å²) in [6, 6.07) is 5.51. The first kappa shape index (κ1) is 19.6. The van der Waals surface area contributed by atoms with Crippen LogP contribution in [0, 0.1) is 13.1 Å². The van der Waals surface area contributed by atoms with Crippen molar-refractivity contribution in [3.63, 3.8) is 0 Å². The Morgan fingerprint density at radius 1 is 1.26 bits per heavy atom. The molecule has 9 nitrogen and oxygen atoms in total. The van der Waals surface area contributed by atoms with Gasteiger partial charge in [0.25, 0.3) is 11.6 Å². The third kappa shape index (κ3) is 4.28. The second-order valence-corrected chi connectivity index (χ2v) is 5.60. The van der Waals surface area contributed by atoms with Crippen molar-refractivity contribution in [2.45, 2.75) is 20.8 Å². The first-order valence-corrected chi connectivity index (χ1v) is 8.35. The summed E-state index contributed by atoms with van der Waals surface area (Å²) in [4.78, 5) is 24.2. The number of carbonyl (C=O) groups excluding carboxylic acids is 1. The van der Waals surface area contributed by atoms with Crippen molar-refractivity contribution >= 4 is 40.6 Å². The lowest BCUT2D eigenvalue weighted by atomic mass is 10.2. The number of amides is 1. The Labute approximate surface area is 158 Å². The molecule has 0 saturated heterocycles. The van der Waals surface area contributed by atoms with Gasteiger partial charge in [-0.2, -0.15) is 0 Å². The van der Waals surface area contributed by atoms with Crippen LogP contribution in [-0.4, -0.2) is 28.5 Å². The minimum atomic E-state index is -0.217. The zero-order valence-corrected chi connectivity index (χ0v) is 15.7. The maximum atomic E-state index is 11.6. The lowest BCUT2D eigenvalue weighted by Gasteiger charge is -2.22. The summed E-state index contributed by atoms with van der Waals surface area (Å²) in [5, 5.41) is 11.0. The molecular weight excluding hydrogens is 344 g/mol. The molecular formula is C18H20N8O. The molecule has 0 atom stereocenters. The van der Waals surface area contributed by atoms with Crippen LogP contribution in [0.15, 0.2) is 28.4 Å². The van der Waals surface area contributed by atoms with Gasteiger partial charge in [0.1, 0.15) is 5.69 Å². The molecule has 2 rings (SSSR count). The minimum absolute atomic E-state index is 0.0135. The van der Waals surface area contributed by atoms with Gasteiger partial charge in [-0.15, -0.1) is 5.11 Å². The fourth-order valence-corrected chi connectivity index (χ4v) is 2.54. The van der Waals surface area contributed by atoms with E-state index in [-0.39, 0.29) is 23.5 Å². The van der Waals surface area contributed by atoms with E-state index >= 15 is 0 Å².